The molecule has 0 unspecified atom stereocenters. The normalized spacial score (nSPS) is 15.1. The van der Waals surface area contributed by atoms with E-state index < -0.39 is 11.7 Å². The first-order valence-electron chi connectivity index (χ1n) is 6.70. The maximum atomic E-state index is 12.7. The van der Waals surface area contributed by atoms with Crippen molar-refractivity contribution >= 4 is 5.91 Å². The molecule has 1 amide bonds. The molecule has 0 spiro atoms. The van der Waals surface area contributed by atoms with Crippen molar-refractivity contribution < 1.29 is 18.0 Å². The monoisotopic (exact) mass is 310 g/mol. The van der Waals surface area contributed by atoms with Gasteiger partial charge in [-0.25, -0.2) is 4.98 Å². The lowest BCUT2D eigenvalue weighted by atomic mass is 10.2. The quantitative estimate of drug-likeness (QED) is 0.855. The van der Waals surface area contributed by atoms with Crippen molar-refractivity contribution in [1.82, 2.24) is 19.4 Å². The number of carbonyl (C=O) groups excluding carboxylic acids is 1. The number of amides is 1. The number of pyridine rings is 1. The number of halogens is 3. The van der Waals surface area contributed by atoms with Gasteiger partial charge in [-0.05, 0) is 19.1 Å². The Morgan fingerprint density at radius 1 is 1.32 bits per heavy atom. The predicted molar refractivity (Wildman–Crippen MR) is 70.9 cm³/mol. The fourth-order valence-electron chi connectivity index (χ4n) is 2.45. The Labute approximate surface area is 124 Å². The maximum Gasteiger partial charge on any atom is 0.416 e. The molecule has 0 radical (unpaired) electrons. The fraction of sp³-hybridized carbons (Fsp3) is 0.357. The molecular formula is C14H13F3N4O. The lowest BCUT2D eigenvalue weighted by Gasteiger charge is -2.27. The van der Waals surface area contributed by atoms with Crippen molar-refractivity contribution in [3.05, 3.63) is 47.3 Å². The Hall–Kier alpha value is -2.38. The van der Waals surface area contributed by atoms with Gasteiger partial charge in [0.15, 0.2) is 5.82 Å². The molecule has 0 fully saturated rings. The van der Waals surface area contributed by atoms with Crippen LogP contribution in [0.3, 0.4) is 0 Å². The molecule has 116 valence electrons. The Balaban J connectivity index is 1.81. The second kappa shape index (κ2) is 5.11. The summed E-state index contributed by atoms with van der Waals surface area (Å²) in [4.78, 5) is 21.8. The maximum absolute atomic E-state index is 12.7. The van der Waals surface area contributed by atoms with Crippen molar-refractivity contribution in [3.8, 4) is 0 Å². The van der Waals surface area contributed by atoms with Crippen molar-refractivity contribution in [2.45, 2.75) is 26.2 Å². The highest BCUT2D eigenvalue weighted by Crippen LogP contribution is 2.29. The molecule has 1 aliphatic rings. The molecule has 2 aromatic heterocycles. The van der Waals surface area contributed by atoms with E-state index in [4.69, 9.17) is 0 Å². The number of aromatic nitrogens is 3. The summed E-state index contributed by atoms with van der Waals surface area (Å²) in [6.45, 7) is 2.81. The van der Waals surface area contributed by atoms with Crippen LogP contribution in [-0.4, -0.2) is 31.9 Å². The molecule has 0 atom stereocenters. The smallest absolute Gasteiger partial charge is 0.328 e. The van der Waals surface area contributed by atoms with Crippen LogP contribution >= 0.6 is 0 Å². The fourth-order valence-corrected chi connectivity index (χ4v) is 2.45. The second-order valence-corrected chi connectivity index (χ2v) is 5.16. The Bertz CT molecular complexity index is 723. The zero-order valence-corrected chi connectivity index (χ0v) is 11.8. The van der Waals surface area contributed by atoms with Gasteiger partial charge in [0, 0.05) is 25.5 Å². The van der Waals surface area contributed by atoms with Crippen LogP contribution in [0.2, 0.25) is 0 Å². The Kier molecular flexibility index (Phi) is 3.38. The predicted octanol–water partition coefficient (Wildman–Crippen LogP) is 2.26. The number of alkyl halides is 3. The van der Waals surface area contributed by atoms with Gasteiger partial charge in [0.2, 0.25) is 0 Å². The van der Waals surface area contributed by atoms with Crippen LogP contribution in [0.25, 0.3) is 0 Å². The minimum absolute atomic E-state index is 0.0364. The highest BCUT2D eigenvalue weighted by molar-refractivity contribution is 5.91. The van der Waals surface area contributed by atoms with E-state index in [2.05, 4.69) is 9.97 Å². The van der Waals surface area contributed by atoms with Crippen molar-refractivity contribution in [2.75, 3.05) is 6.54 Å². The third-order valence-electron chi connectivity index (χ3n) is 3.48. The van der Waals surface area contributed by atoms with Gasteiger partial charge in [-0.15, -0.1) is 0 Å². The van der Waals surface area contributed by atoms with Gasteiger partial charge < -0.3 is 9.47 Å². The number of carbonyl (C=O) groups is 1. The lowest BCUT2D eigenvalue weighted by molar-refractivity contribution is -0.137. The van der Waals surface area contributed by atoms with E-state index >= 15 is 0 Å². The van der Waals surface area contributed by atoms with Gasteiger partial charge in [-0.2, -0.15) is 13.2 Å². The van der Waals surface area contributed by atoms with Crippen LogP contribution in [0.4, 0.5) is 13.2 Å². The van der Waals surface area contributed by atoms with Crippen molar-refractivity contribution in [2.24, 2.45) is 0 Å². The van der Waals surface area contributed by atoms with E-state index in [1.165, 1.54) is 4.90 Å². The average molecular weight is 310 g/mol. The van der Waals surface area contributed by atoms with Gasteiger partial charge in [0.05, 0.1) is 23.5 Å². The van der Waals surface area contributed by atoms with Gasteiger partial charge in [-0.1, -0.05) is 0 Å². The van der Waals surface area contributed by atoms with E-state index in [0.717, 1.165) is 24.0 Å². The molecule has 8 heteroatoms. The van der Waals surface area contributed by atoms with Crippen LogP contribution in [0, 0.1) is 6.92 Å². The lowest BCUT2D eigenvalue weighted by Crippen LogP contribution is -2.40. The summed E-state index contributed by atoms with van der Waals surface area (Å²) in [6.07, 6.45) is -1.53. The zero-order chi connectivity index (χ0) is 15.9. The number of fused-ring (bicyclic) bond motifs is 1. The topological polar surface area (TPSA) is 51.0 Å². The van der Waals surface area contributed by atoms with E-state index in [1.54, 1.807) is 17.7 Å². The molecule has 5 nitrogen and oxygen atoms in total. The molecule has 0 aliphatic carbocycles. The summed E-state index contributed by atoms with van der Waals surface area (Å²) >= 11 is 0. The number of hydrogen-bond donors (Lipinski definition) is 0. The highest BCUT2D eigenvalue weighted by Gasteiger charge is 2.31. The third-order valence-corrected chi connectivity index (χ3v) is 3.48. The summed E-state index contributed by atoms with van der Waals surface area (Å²) in [6, 6.07) is 1.89. The number of nitrogens with zero attached hydrogens (tertiary/aromatic N) is 4. The Morgan fingerprint density at radius 3 is 2.82 bits per heavy atom. The number of imidazole rings is 1. The molecule has 1 aliphatic heterocycles. The first kappa shape index (κ1) is 14.6. The molecule has 0 bridgehead atoms. The standard InChI is InChI=1S/C14H13F3N4O/c1-9-7-20-4-5-21(13(22)12(20)19-9)8-11-6-10(2-3-18-11)14(15,16)17/h2-3,6-7H,4-5,8H2,1H3. The summed E-state index contributed by atoms with van der Waals surface area (Å²) in [5.41, 5.74) is 0.182. The largest absolute Gasteiger partial charge is 0.416 e. The first-order valence-corrected chi connectivity index (χ1v) is 6.70. The average Bonchev–Trinajstić information content (AvgIpc) is 2.83. The molecule has 0 saturated heterocycles. The molecule has 0 N–H and O–H groups in total. The number of aryl methyl sites for hydroxylation is 1. The van der Waals surface area contributed by atoms with Crippen LogP contribution in [-0.2, 0) is 19.3 Å². The van der Waals surface area contributed by atoms with E-state index in [9.17, 15) is 18.0 Å². The Morgan fingerprint density at radius 2 is 2.09 bits per heavy atom. The van der Waals surface area contributed by atoms with Crippen LogP contribution in [0.5, 0.6) is 0 Å². The highest BCUT2D eigenvalue weighted by atomic mass is 19.4. The molecular weight excluding hydrogens is 297 g/mol. The zero-order valence-electron chi connectivity index (χ0n) is 11.8. The SMILES string of the molecule is Cc1cn2c(n1)C(=O)N(Cc1cc(C(F)(F)F)ccn1)CC2. The summed E-state index contributed by atoms with van der Waals surface area (Å²) in [5.74, 6) is 0.0225. The number of rotatable bonds is 2. The van der Waals surface area contributed by atoms with Crippen LogP contribution in [0.15, 0.2) is 24.5 Å². The molecule has 3 rings (SSSR count). The molecule has 0 aromatic carbocycles. The molecule has 22 heavy (non-hydrogen) atoms. The van der Waals surface area contributed by atoms with Crippen molar-refractivity contribution in [3.63, 3.8) is 0 Å². The van der Waals surface area contributed by atoms with Gasteiger partial charge in [0.25, 0.3) is 5.91 Å². The first-order chi connectivity index (χ1) is 10.3. The van der Waals surface area contributed by atoms with Crippen LogP contribution < -0.4 is 0 Å². The van der Waals surface area contributed by atoms with E-state index in [0.29, 0.717) is 18.9 Å². The molecule has 3 heterocycles. The third kappa shape index (κ3) is 2.68. The van der Waals surface area contributed by atoms with Gasteiger partial charge >= 0.3 is 6.18 Å². The van der Waals surface area contributed by atoms with E-state index in [-0.39, 0.29) is 18.1 Å². The summed E-state index contributed by atoms with van der Waals surface area (Å²) in [7, 11) is 0. The minimum Gasteiger partial charge on any atom is -0.328 e. The van der Waals surface area contributed by atoms with E-state index in [1.807, 2.05) is 0 Å². The second-order valence-electron chi connectivity index (χ2n) is 5.16. The summed E-state index contributed by atoms with van der Waals surface area (Å²) in [5, 5.41) is 0. The minimum atomic E-state index is -4.42. The van der Waals surface area contributed by atoms with Gasteiger partial charge in [-0.3, -0.25) is 9.78 Å². The summed E-state index contributed by atoms with van der Waals surface area (Å²) < 4.78 is 39.9. The molecule has 2 aromatic rings. The van der Waals surface area contributed by atoms with Crippen molar-refractivity contribution in [1.29, 1.82) is 0 Å². The van der Waals surface area contributed by atoms with Gasteiger partial charge in [0.1, 0.15) is 0 Å². The number of hydrogen-bond acceptors (Lipinski definition) is 3. The van der Waals surface area contributed by atoms with Crippen LogP contribution in [0.1, 0.15) is 27.6 Å². The molecule has 0 saturated carbocycles.